The number of thiazole rings is 1. The van der Waals surface area contributed by atoms with E-state index in [4.69, 9.17) is 9.97 Å². The molecular weight excluding hydrogens is 352 g/mol. The van der Waals surface area contributed by atoms with E-state index in [9.17, 15) is 0 Å². The van der Waals surface area contributed by atoms with Crippen LogP contribution in [0.2, 0.25) is 0 Å². The van der Waals surface area contributed by atoms with Crippen molar-refractivity contribution in [3.63, 3.8) is 0 Å². The van der Waals surface area contributed by atoms with Gasteiger partial charge in [-0.15, -0.1) is 11.3 Å². The molecule has 0 bridgehead atoms. The molecule has 0 saturated carbocycles. The number of anilines is 1. The molecule has 4 aromatic rings. The second-order valence-corrected chi connectivity index (χ2v) is 8.22. The van der Waals surface area contributed by atoms with Gasteiger partial charge in [0.1, 0.15) is 10.8 Å². The Morgan fingerprint density at radius 2 is 1.96 bits per heavy atom. The van der Waals surface area contributed by atoms with Crippen LogP contribution in [0.15, 0.2) is 61.1 Å². The van der Waals surface area contributed by atoms with E-state index in [1.165, 1.54) is 16.7 Å². The van der Waals surface area contributed by atoms with Crippen molar-refractivity contribution in [2.75, 3.05) is 18.0 Å². The lowest BCUT2D eigenvalue weighted by Crippen LogP contribution is -2.19. The molecule has 4 nitrogen and oxygen atoms in total. The fourth-order valence-electron chi connectivity index (χ4n) is 3.60. The van der Waals surface area contributed by atoms with Gasteiger partial charge < -0.3 is 4.90 Å². The summed E-state index contributed by atoms with van der Waals surface area (Å²) >= 11 is 1.71. The van der Waals surface area contributed by atoms with Crippen LogP contribution in [0, 0.1) is 5.92 Å². The Morgan fingerprint density at radius 1 is 1.04 bits per heavy atom. The van der Waals surface area contributed by atoms with Gasteiger partial charge in [-0.25, -0.2) is 9.97 Å². The summed E-state index contributed by atoms with van der Waals surface area (Å²) in [6, 6.07) is 14.7. The monoisotopic (exact) mass is 372 g/mol. The minimum atomic E-state index is 0.754. The molecule has 0 spiro atoms. The van der Waals surface area contributed by atoms with Crippen molar-refractivity contribution in [2.45, 2.75) is 13.3 Å². The van der Waals surface area contributed by atoms with Crippen LogP contribution in [-0.2, 0) is 0 Å². The van der Waals surface area contributed by atoms with Crippen LogP contribution in [0.25, 0.3) is 31.9 Å². The Morgan fingerprint density at radius 3 is 2.70 bits per heavy atom. The third kappa shape index (κ3) is 3.19. The Kier molecular flexibility index (Phi) is 4.09. The number of aromatic nitrogens is 3. The highest BCUT2D eigenvalue weighted by Crippen LogP contribution is 2.33. The summed E-state index contributed by atoms with van der Waals surface area (Å²) in [5, 5.41) is 1.02. The molecule has 0 unspecified atom stereocenters. The number of pyridine rings is 2. The summed E-state index contributed by atoms with van der Waals surface area (Å²) in [5.74, 6) is 1.83. The first-order valence-corrected chi connectivity index (χ1v) is 10.1. The number of rotatable bonds is 3. The largest absolute Gasteiger partial charge is 0.356 e. The van der Waals surface area contributed by atoms with E-state index in [1.807, 2.05) is 18.5 Å². The van der Waals surface area contributed by atoms with E-state index >= 15 is 0 Å². The predicted octanol–water partition coefficient (Wildman–Crippen LogP) is 5.27. The van der Waals surface area contributed by atoms with Crippen LogP contribution in [0.3, 0.4) is 0 Å². The van der Waals surface area contributed by atoms with Gasteiger partial charge in [0.2, 0.25) is 0 Å². The summed E-state index contributed by atoms with van der Waals surface area (Å²) in [5.41, 5.74) is 4.40. The third-order valence-corrected chi connectivity index (χ3v) is 6.19. The van der Waals surface area contributed by atoms with Gasteiger partial charge in [0.05, 0.1) is 10.2 Å². The lowest BCUT2D eigenvalue weighted by molar-refractivity contribution is 0.659. The smallest absolute Gasteiger partial charge is 0.128 e. The molecule has 0 aliphatic carbocycles. The summed E-state index contributed by atoms with van der Waals surface area (Å²) in [4.78, 5) is 16.1. The molecule has 5 heteroatoms. The molecule has 4 heterocycles. The molecule has 1 saturated heterocycles. The maximum absolute atomic E-state index is 4.81. The van der Waals surface area contributed by atoms with Crippen molar-refractivity contribution in [1.29, 1.82) is 0 Å². The number of hydrogen-bond donors (Lipinski definition) is 0. The highest BCUT2D eigenvalue weighted by molar-refractivity contribution is 7.21. The zero-order valence-electron chi connectivity index (χ0n) is 15.2. The molecule has 0 radical (unpaired) electrons. The molecular formula is C22H20N4S. The summed E-state index contributed by atoms with van der Waals surface area (Å²) in [6.07, 6.45) is 6.90. The first-order valence-electron chi connectivity index (χ1n) is 9.28. The van der Waals surface area contributed by atoms with E-state index < -0.39 is 0 Å². The van der Waals surface area contributed by atoms with Crippen LogP contribution in [0.4, 0.5) is 5.82 Å². The SMILES string of the molecule is C[C@H]1CCN(c2ccc(-c3nc4ccc(-c5cccnc5)cc4s3)cn2)C1. The van der Waals surface area contributed by atoms with Gasteiger partial charge >= 0.3 is 0 Å². The van der Waals surface area contributed by atoms with Crippen molar-refractivity contribution in [3.05, 3.63) is 61.1 Å². The van der Waals surface area contributed by atoms with E-state index in [0.717, 1.165) is 46.5 Å². The standard InChI is InChI=1S/C22H20N4S/c1-15-8-10-26(14-15)21-7-5-18(13-24-21)22-25-19-6-4-16(11-20(19)27-22)17-3-2-9-23-12-17/h2-7,9,11-13,15H,8,10,14H2,1H3/t15-/m0/s1. The van der Waals surface area contributed by atoms with Crippen molar-refractivity contribution in [2.24, 2.45) is 5.92 Å². The first-order chi connectivity index (χ1) is 13.3. The molecule has 1 fully saturated rings. The number of nitrogens with zero attached hydrogens (tertiary/aromatic N) is 4. The Labute approximate surface area is 162 Å². The molecule has 1 aliphatic rings. The molecule has 5 rings (SSSR count). The molecule has 0 amide bonds. The molecule has 1 aliphatic heterocycles. The molecule has 1 aromatic carbocycles. The molecule has 1 atom stereocenters. The number of hydrogen-bond acceptors (Lipinski definition) is 5. The average molecular weight is 372 g/mol. The van der Waals surface area contributed by atoms with Crippen molar-refractivity contribution in [1.82, 2.24) is 15.0 Å². The van der Waals surface area contributed by atoms with Crippen LogP contribution in [0.1, 0.15) is 13.3 Å². The van der Waals surface area contributed by atoms with Gasteiger partial charge in [0.25, 0.3) is 0 Å². The van der Waals surface area contributed by atoms with Gasteiger partial charge in [-0.2, -0.15) is 0 Å². The molecule has 27 heavy (non-hydrogen) atoms. The van der Waals surface area contributed by atoms with Crippen LogP contribution >= 0.6 is 11.3 Å². The fourth-order valence-corrected chi connectivity index (χ4v) is 4.60. The van der Waals surface area contributed by atoms with E-state index in [1.54, 1.807) is 17.5 Å². The number of fused-ring (bicyclic) bond motifs is 1. The normalized spacial score (nSPS) is 16.9. The summed E-state index contributed by atoms with van der Waals surface area (Å²) in [7, 11) is 0. The second-order valence-electron chi connectivity index (χ2n) is 7.19. The van der Waals surface area contributed by atoms with Crippen LogP contribution in [0.5, 0.6) is 0 Å². The molecule has 0 N–H and O–H groups in total. The van der Waals surface area contributed by atoms with Crippen LogP contribution in [-0.4, -0.2) is 28.0 Å². The topological polar surface area (TPSA) is 41.9 Å². The van der Waals surface area contributed by atoms with Crippen molar-refractivity contribution in [3.8, 4) is 21.7 Å². The molecule has 134 valence electrons. The van der Waals surface area contributed by atoms with E-state index in [-0.39, 0.29) is 0 Å². The maximum atomic E-state index is 4.81. The Bertz CT molecular complexity index is 1070. The second kappa shape index (κ2) is 6.74. The summed E-state index contributed by atoms with van der Waals surface area (Å²) < 4.78 is 1.18. The highest BCUT2D eigenvalue weighted by Gasteiger charge is 2.19. The van der Waals surface area contributed by atoms with Crippen molar-refractivity contribution < 1.29 is 0 Å². The third-order valence-electron chi connectivity index (χ3n) is 5.13. The fraction of sp³-hybridized carbons (Fsp3) is 0.227. The number of benzene rings is 1. The lowest BCUT2D eigenvalue weighted by Gasteiger charge is -2.16. The van der Waals surface area contributed by atoms with Gasteiger partial charge in [-0.3, -0.25) is 4.98 Å². The maximum Gasteiger partial charge on any atom is 0.128 e. The minimum absolute atomic E-state index is 0.754. The van der Waals surface area contributed by atoms with Crippen LogP contribution < -0.4 is 4.90 Å². The summed E-state index contributed by atoms with van der Waals surface area (Å²) in [6.45, 7) is 4.51. The van der Waals surface area contributed by atoms with Gasteiger partial charge in [-0.05, 0) is 48.2 Å². The van der Waals surface area contributed by atoms with E-state index in [2.05, 4.69) is 53.2 Å². The van der Waals surface area contributed by atoms with Gasteiger partial charge in [-0.1, -0.05) is 19.1 Å². The predicted molar refractivity (Wildman–Crippen MR) is 112 cm³/mol. The quantitative estimate of drug-likeness (QED) is 0.491. The van der Waals surface area contributed by atoms with E-state index in [0.29, 0.717) is 0 Å². The minimum Gasteiger partial charge on any atom is -0.356 e. The lowest BCUT2D eigenvalue weighted by atomic mass is 10.1. The van der Waals surface area contributed by atoms with Gasteiger partial charge in [0, 0.05) is 42.8 Å². The molecule has 3 aromatic heterocycles. The van der Waals surface area contributed by atoms with Gasteiger partial charge in [0.15, 0.2) is 0 Å². The Hall–Kier alpha value is -2.79. The highest BCUT2D eigenvalue weighted by atomic mass is 32.1. The average Bonchev–Trinajstić information content (AvgIpc) is 3.34. The zero-order chi connectivity index (χ0) is 18.2. The zero-order valence-corrected chi connectivity index (χ0v) is 16.0. The van der Waals surface area contributed by atoms with Crippen molar-refractivity contribution >= 4 is 27.4 Å². The Balaban J connectivity index is 1.45. The first kappa shape index (κ1) is 16.4.